The number of aliphatic hydroxyl groups is 2. The number of benzene rings is 1. The summed E-state index contributed by atoms with van der Waals surface area (Å²) >= 11 is 0. The van der Waals surface area contributed by atoms with Gasteiger partial charge in [0, 0.05) is 17.1 Å². The Labute approximate surface area is 159 Å². The molecule has 4 rings (SSSR count). The van der Waals surface area contributed by atoms with Gasteiger partial charge in [0.25, 0.3) is 5.91 Å². The zero-order valence-electron chi connectivity index (χ0n) is 14.5. The number of nitrogens with zero attached hydrogens (tertiary/aromatic N) is 3. The van der Waals surface area contributed by atoms with E-state index in [9.17, 15) is 19.6 Å². The molecular weight excluding hydrogens is 389 g/mol. The van der Waals surface area contributed by atoms with Gasteiger partial charge in [0.2, 0.25) is 5.82 Å². The fourth-order valence-electron chi connectivity index (χ4n) is 2.97. The van der Waals surface area contributed by atoms with Crippen LogP contribution in [0.5, 0.6) is 0 Å². The van der Waals surface area contributed by atoms with E-state index in [1.165, 1.54) is 11.9 Å². The summed E-state index contributed by atoms with van der Waals surface area (Å²) in [6.07, 6.45) is -2.20. The highest BCUT2D eigenvalue weighted by Gasteiger charge is 2.43. The van der Waals surface area contributed by atoms with E-state index in [1.54, 1.807) is 6.07 Å². The second-order valence-corrected chi connectivity index (χ2v) is 8.34. The number of para-hydroxylation sites is 1. The number of primary amides is 1. The maximum Gasteiger partial charge on any atom is 0.316 e. The van der Waals surface area contributed by atoms with Gasteiger partial charge >= 0.3 is 7.52 Å². The van der Waals surface area contributed by atoms with Crippen LogP contribution in [-0.4, -0.2) is 49.2 Å². The number of aliphatic hydroxyl groups excluding tert-OH is 2. The second-order valence-electron chi connectivity index (χ2n) is 6.37. The standard InChI is InChI=1S/C16H18N5O6P/c17-14(24)15-18-8-21(19-15)16-13(23)12(22)11(27-16)5-6-28(25)20-10-4-2-1-3-9(10)7-26-28/h1-6,8,11-13,16,22-23H,7H2,(H2,17,24)(H,20,25)/b6-5+/t11-,12-,13-,16-,28?/m1/s1. The number of ether oxygens (including phenoxy) is 1. The number of rotatable bonds is 4. The lowest BCUT2D eigenvalue weighted by Crippen LogP contribution is -2.31. The monoisotopic (exact) mass is 407 g/mol. The van der Waals surface area contributed by atoms with Crippen molar-refractivity contribution in [2.45, 2.75) is 31.1 Å². The molecule has 0 bridgehead atoms. The van der Waals surface area contributed by atoms with Crippen LogP contribution in [0.25, 0.3) is 0 Å². The van der Waals surface area contributed by atoms with Gasteiger partial charge in [-0.3, -0.25) is 9.36 Å². The molecule has 5 atom stereocenters. The van der Waals surface area contributed by atoms with E-state index >= 15 is 0 Å². The van der Waals surface area contributed by atoms with E-state index in [4.69, 9.17) is 15.0 Å². The van der Waals surface area contributed by atoms with Crippen molar-refractivity contribution in [3.8, 4) is 0 Å². The van der Waals surface area contributed by atoms with Gasteiger partial charge in [0.15, 0.2) is 6.23 Å². The van der Waals surface area contributed by atoms with E-state index in [2.05, 4.69) is 15.2 Å². The van der Waals surface area contributed by atoms with Crippen molar-refractivity contribution in [2.75, 3.05) is 5.09 Å². The summed E-state index contributed by atoms with van der Waals surface area (Å²) in [6, 6.07) is 7.32. The highest BCUT2D eigenvalue weighted by molar-refractivity contribution is 7.63. The summed E-state index contributed by atoms with van der Waals surface area (Å²) < 4.78 is 25.0. The van der Waals surface area contributed by atoms with Gasteiger partial charge in [0.1, 0.15) is 24.6 Å². The smallest absolute Gasteiger partial charge is 0.316 e. The largest absolute Gasteiger partial charge is 0.387 e. The quantitative estimate of drug-likeness (QED) is 0.524. The summed E-state index contributed by atoms with van der Waals surface area (Å²) in [4.78, 5) is 14.8. The molecule has 3 heterocycles. The lowest BCUT2D eigenvalue weighted by atomic mass is 10.1. The molecular formula is C16H18N5O6P. The minimum atomic E-state index is -3.34. The number of anilines is 1. The molecule has 5 N–H and O–H groups in total. The van der Waals surface area contributed by atoms with Crippen LogP contribution in [0.15, 0.2) is 42.5 Å². The highest BCUT2D eigenvalue weighted by Crippen LogP contribution is 2.53. The topological polar surface area (TPSA) is 162 Å². The third-order valence-electron chi connectivity index (χ3n) is 4.44. The SMILES string of the molecule is NC(=O)c1ncn([C@@H]2O[C@H](/C=C/P3(=O)Nc4ccccc4CO3)[C@@H](O)[C@H]2O)n1. The van der Waals surface area contributed by atoms with E-state index in [0.29, 0.717) is 5.69 Å². The minimum absolute atomic E-state index is 0.180. The Hall–Kier alpha value is -2.56. The molecule has 0 radical (unpaired) electrons. The lowest BCUT2D eigenvalue weighted by Gasteiger charge is -2.25. The zero-order chi connectivity index (χ0) is 19.9. The van der Waals surface area contributed by atoms with Gasteiger partial charge in [-0.1, -0.05) is 18.2 Å². The second kappa shape index (κ2) is 7.12. The van der Waals surface area contributed by atoms with E-state index in [1.807, 2.05) is 18.2 Å². The molecule has 2 aromatic rings. The number of nitrogens with one attached hydrogen (secondary N) is 1. The Bertz CT molecular complexity index is 978. The predicted molar refractivity (Wildman–Crippen MR) is 96.1 cm³/mol. The first-order chi connectivity index (χ1) is 13.4. The molecule has 11 nitrogen and oxygen atoms in total. The number of nitrogens with two attached hydrogens (primary N) is 1. The molecule has 1 unspecified atom stereocenters. The highest BCUT2D eigenvalue weighted by atomic mass is 31.2. The van der Waals surface area contributed by atoms with Crippen molar-refractivity contribution in [3.05, 3.63) is 53.9 Å². The van der Waals surface area contributed by atoms with Gasteiger partial charge in [-0.25, -0.2) is 9.67 Å². The van der Waals surface area contributed by atoms with Crippen molar-refractivity contribution < 1.29 is 28.8 Å². The molecule has 12 heteroatoms. The summed E-state index contributed by atoms with van der Waals surface area (Å²) in [6.45, 7) is 0.180. The Kier molecular flexibility index (Phi) is 4.77. The Morgan fingerprint density at radius 3 is 2.89 bits per heavy atom. The molecule has 2 aliphatic rings. The van der Waals surface area contributed by atoms with Gasteiger partial charge < -0.3 is 30.3 Å². The van der Waals surface area contributed by atoms with Crippen molar-refractivity contribution in [3.63, 3.8) is 0 Å². The third kappa shape index (κ3) is 3.46. The number of fused-ring (bicyclic) bond motifs is 1. The summed E-state index contributed by atoms with van der Waals surface area (Å²) in [5.74, 6) is 0.219. The van der Waals surface area contributed by atoms with Crippen LogP contribution in [0.2, 0.25) is 0 Å². The van der Waals surface area contributed by atoms with Crippen molar-refractivity contribution in [1.29, 1.82) is 0 Å². The van der Waals surface area contributed by atoms with Crippen LogP contribution in [0.1, 0.15) is 22.4 Å². The van der Waals surface area contributed by atoms with Crippen molar-refractivity contribution in [1.82, 2.24) is 14.8 Å². The van der Waals surface area contributed by atoms with Crippen LogP contribution >= 0.6 is 7.52 Å². The fraction of sp³-hybridized carbons (Fsp3) is 0.312. The third-order valence-corrected chi connectivity index (χ3v) is 6.07. The van der Waals surface area contributed by atoms with Gasteiger partial charge in [-0.15, -0.1) is 5.10 Å². The van der Waals surface area contributed by atoms with Crippen molar-refractivity contribution >= 4 is 19.1 Å². The van der Waals surface area contributed by atoms with Gasteiger partial charge in [-0.2, -0.15) is 0 Å². The van der Waals surface area contributed by atoms with Crippen LogP contribution < -0.4 is 10.8 Å². The van der Waals surface area contributed by atoms with Crippen molar-refractivity contribution in [2.24, 2.45) is 5.73 Å². The average molecular weight is 407 g/mol. The first kappa shape index (κ1) is 18.8. The minimum Gasteiger partial charge on any atom is -0.387 e. The summed E-state index contributed by atoms with van der Waals surface area (Å²) in [5.41, 5.74) is 6.68. The first-order valence-corrected chi connectivity index (χ1v) is 10.1. The Balaban J connectivity index is 1.49. The fourth-order valence-corrected chi connectivity index (χ4v) is 4.48. The molecule has 1 fully saturated rings. The molecule has 1 aromatic carbocycles. The molecule has 1 saturated heterocycles. The molecule has 148 valence electrons. The maximum absolute atomic E-state index is 12.9. The van der Waals surface area contributed by atoms with Crippen LogP contribution in [0.4, 0.5) is 5.69 Å². The van der Waals surface area contributed by atoms with Gasteiger partial charge in [-0.05, 0) is 12.1 Å². The van der Waals surface area contributed by atoms with E-state index in [-0.39, 0.29) is 12.4 Å². The Morgan fingerprint density at radius 1 is 1.36 bits per heavy atom. The molecule has 0 spiro atoms. The first-order valence-electron chi connectivity index (χ1n) is 8.39. The number of hydrogen-bond donors (Lipinski definition) is 4. The molecule has 1 aromatic heterocycles. The van der Waals surface area contributed by atoms with E-state index in [0.717, 1.165) is 16.6 Å². The summed E-state index contributed by atoms with van der Waals surface area (Å²) in [5, 5.41) is 27.1. The number of aromatic nitrogens is 3. The normalized spacial score (nSPS) is 32.2. The molecule has 1 amide bonds. The number of amides is 1. The lowest BCUT2D eigenvalue weighted by molar-refractivity contribution is -0.0346. The van der Waals surface area contributed by atoms with Crippen LogP contribution in [0, 0.1) is 0 Å². The van der Waals surface area contributed by atoms with Crippen LogP contribution in [-0.2, 0) is 20.4 Å². The Morgan fingerprint density at radius 2 is 2.14 bits per heavy atom. The molecule has 0 saturated carbocycles. The molecule has 0 aliphatic carbocycles. The number of hydrogen-bond acceptors (Lipinski definition) is 8. The molecule has 2 aliphatic heterocycles. The number of carbonyl (C=O) groups is 1. The van der Waals surface area contributed by atoms with Gasteiger partial charge in [0.05, 0.1) is 6.61 Å². The van der Waals surface area contributed by atoms with Crippen LogP contribution in [0.3, 0.4) is 0 Å². The summed E-state index contributed by atoms with van der Waals surface area (Å²) in [7, 11) is -3.34. The average Bonchev–Trinajstić information content (AvgIpc) is 3.27. The molecule has 28 heavy (non-hydrogen) atoms. The maximum atomic E-state index is 12.9. The predicted octanol–water partition coefficient (Wildman–Crippen LogP) is 0.345. The number of carbonyl (C=O) groups excluding carboxylic acids is 1. The zero-order valence-corrected chi connectivity index (χ0v) is 15.3. The van der Waals surface area contributed by atoms with E-state index < -0.39 is 38.0 Å².